The lowest BCUT2D eigenvalue weighted by Gasteiger charge is -2.16. The molecule has 1 aromatic carbocycles. The lowest BCUT2D eigenvalue weighted by atomic mass is 10.2. The molecule has 1 saturated carbocycles. The molecule has 2 fully saturated rings. The van der Waals surface area contributed by atoms with Crippen molar-refractivity contribution in [3.05, 3.63) is 42.9 Å². The highest BCUT2D eigenvalue weighted by Crippen LogP contribution is 2.32. The van der Waals surface area contributed by atoms with Gasteiger partial charge < -0.3 is 10.2 Å². The average Bonchev–Trinajstić information content (AvgIpc) is 3.27. The highest BCUT2D eigenvalue weighted by molar-refractivity contribution is 5.88. The maximum Gasteiger partial charge on any atom is 0.225 e. The quantitative estimate of drug-likeness (QED) is 0.790. The lowest BCUT2D eigenvalue weighted by Crippen LogP contribution is -2.29. The van der Waals surface area contributed by atoms with E-state index < -0.39 is 0 Å². The molecule has 0 spiro atoms. The number of rotatable bonds is 4. The Morgan fingerprint density at radius 3 is 2.76 bits per heavy atom. The van der Waals surface area contributed by atoms with Crippen molar-refractivity contribution >= 4 is 22.8 Å². The smallest absolute Gasteiger partial charge is 0.225 e. The highest BCUT2D eigenvalue weighted by Gasteiger charge is 2.39. The van der Waals surface area contributed by atoms with Crippen LogP contribution in [-0.4, -0.2) is 49.2 Å². The monoisotopic (exact) mass is 334 g/mol. The summed E-state index contributed by atoms with van der Waals surface area (Å²) in [4.78, 5) is 22.9. The highest BCUT2D eigenvalue weighted by atomic mass is 16.2. The first-order valence-electron chi connectivity index (χ1n) is 8.60. The summed E-state index contributed by atoms with van der Waals surface area (Å²) < 4.78 is 1.80. The molecule has 5 rings (SSSR count). The Morgan fingerprint density at radius 2 is 1.96 bits per heavy atom. The van der Waals surface area contributed by atoms with Gasteiger partial charge in [-0.1, -0.05) is 18.2 Å². The van der Waals surface area contributed by atoms with E-state index in [1.165, 1.54) is 0 Å². The van der Waals surface area contributed by atoms with E-state index >= 15 is 0 Å². The van der Waals surface area contributed by atoms with Crippen molar-refractivity contribution in [2.45, 2.75) is 31.3 Å². The molecule has 3 aromatic rings. The summed E-state index contributed by atoms with van der Waals surface area (Å²) in [7, 11) is 0. The predicted octanol–water partition coefficient (Wildman–Crippen LogP) is 1.99. The van der Waals surface area contributed by atoms with Crippen LogP contribution in [0.1, 0.15) is 19.3 Å². The fourth-order valence-corrected chi connectivity index (χ4v) is 3.48. The molecule has 0 radical (unpaired) electrons. The minimum Gasteiger partial charge on any atom is -0.364 e. The van der Waals surface area contributed by atoms with Gasteiger partial charge in [-0.15, -0.1) is 0 Å². The molecule has 1 amide bonds. The standard InChI is InChI=1S/C18H18N6O/c25-16-8-12(10-23(16)13-6-7-13)22-17-15-9-21-24(18(15)20-11-19-17)14-4-2-1-3-5-14/h1-5,9,11-13H,6-8,10H2,(H,19,20,22)/t12-/m0/s1. The minimum atomic E-state index is 0.0891. The van der Waals surface area contributed by atoms with E-state index in [0.717, 1.165) is 41.9 Å². The van der Waals surface area contributed by atoms with Gasteiger partial charge in [-0.05, 0) is 25.0 Å². The number of aromatic nitrogens is 4. The molecule has 3 heterocycles. The molecule has 1 aliphatic heterocycles. The summed E-state index contributed by atoms with van der Waals surface area (Å²) in [6.07, 6.45) is 6.12. The molecular weight excluding hydrogens is 316 g/mol. The number of amides is 1. The van der Waals surface area contributed by atoms with Crippen molar-refractivity contribution in [2.75, 3.05) is 11.9 Å². The number of nitrogens with one attached hydrogen (secondary N) is 1. The minimum absolute atomic E-state index is 0.0891. The van der Waals surface area contributed by atoms with E-state index in [4.69, 9.17) is 0 Å². The van der Waals surface area contributed by atoms with Gasteiger partial charge in [0.1, 0.15) is 12.1 Å². The molecule has 1 atom stereocenters. The number of para-hydroxylation sites is 1. The van der Waals surface area contributed by atoms with E-state index in [2.05, 4.69) is 20.4 Å². The summed E-state index contributed by atoms with van der Waals surface area (Å²) in [6, 6.07) is 10.5. The molecule has 1 N–H and O–H groups in total. The van der Waals surface area contributed by atoms with Crippen LogP contribution in [-0.2, 0) is 4.79 Å². The van der Waals surface area contributed by atoms with Crippen LogP contribution in [0.3, 0.4) is 0 Å². The molecular formula is C18H18N6O. The first-order valence-corrected chi connectivity index (χ1v) is 8.60. The van der Waals surface area contributed by atoms with Gasteiger partial charge in [0.15, 0.2) is 5.65 Å². The van der Waals surface area contributed by atoms with Crippen molar-refractivity contribution in [3.8, 4) is 5.69 Å². The second kappa shape index (κ2) is 5.54. The molecule has 7 nitrogen and oxygen atoms in total. The third-order valence-corrected chi connectivity index (χ3v) is 4.85. The number of likely N-dealkylation sites (tertiary alicyclic amines) is 1. The average molecular weight is 334 g/mol. The second-order valence-electron chi connectivity index (χ2n) is 6.67. The summed E-state index contributed by atoms with van der Waals surface area (Å²) in [6.45, 7) is 0.752. The van der Waals surface area contributed by atoms with Crippen LogP contribution < -0.4 is 5.32 Å². The largest absolute Gasteiger partial charge is 0.364 e. The van der Waals surface area contributed by atoms with Crippen LogP contribution in [0, 0.1) is 0 Å². The Morgan fingerprint density at radius 1 is 1.12 bits per heavy atom. The number of hydrogen-bond donors (Lipinski definition) is 1. The van der Waals surface area contributed by atoms with Crippen LogP contribution in [0.5, 0.6) is 0 Å². The van der Waals surface area contributed by atoms with Crippen molar-refractivity contribution < 1.29 is 4.79 Å². The third kappa shape index (κ3) is 2.52. The van der Waals surface area contributed by atoms with Crippen LogP contribution in [0.4, 0.5) is 5.82 Å². The molecule has 1 saturated heterocycles. The van der Waals surface area contributed by atoms with Crippen molar-refractivity contribution in [1.29, 1.82) is 0 Å². The lowest BCUT2D eigenvalue weighted by molar-refractivity contribution is -0.128. The number of nitrogens with zero attached hydrogens (tertiary/aromatic N) is 5. The number of benzene rings is 1. The third-order valence-electron chi connectivity index (χ3n) is 4.85. The van der Waals surface area contributed by atoms with Crippen molar-refractivity contribution in [1.82, 2.24) is 24.6 Å². The summed E-state index contributed by atoms with van der Waals surface area (Å²) in [5, 5.41) is 8.75. The zero-order chi connectivity index (χ0) is 16.8. The fourth-order valence-electron chi connectivity index (χ4n) is 3.48. The summed E-state index contributed by atoms with van der Waals surface area (Å²) in [5.41, 5.74) is 1.71. The van der Waals surface area contributed by atoms with E-state index in [1.807, 2.05) is 35.2 Å². The van der Waals surface area contributed by atoms with E-state index in [-0.39, 0.29) is 11.9 Å². The molecule has 0 bridgehead atoms. The molecule has 2 aliphatic rings. The van der Waals surface area contributed by atoms with Gasteiger partial charge in [0, 0.05) is 19.0 Å². The second-order valence-corrected chi connectivity index (χ2v) is 6.67. The zero-order valence-electron chi connectivity index (χ0n) is 13.7. The first-order chi connectivity index (χ1) is 12.3. The number of carbonyl (C=O) groups excluding carboxylic acids is 1. The van der Waals surface area contributed by atoms with Gasteiger partial charge >= 0.3 is 0 Å². The molecule has 0 unspecified atom stereocenters. The summed E-state index contributed by atoms with van der Waals surface area (Å²) >= 11 is 0. The van der Waals surface area contributed by atoms with Gasteiger partial charge in [0.05, 0.1) is 23.3 Å². The van der Waals surface area contributed by atoms with Crippen molar-refractivity contribution in [2.24, 2.45) is 0 Å². The zero-order valence-corrected chi connectivity index (χ0v) is 13.7. The topological polar surface area (TPSA) is 75.9 Å². The molecule has 25 heavy (non-hydrogen) atoms. The molecule has 7 heteroatoms. The Labute approximate surface area is 144 Å². The van der Waals surface area contributed by atoms with Crippen LogP contribution in [0.15, 0.2) is 42.9 Å². The number of fused-ring (bicyclic) bond motifs is 1. The number of hydrogen-bond acceptors (Lipinski definition) is 5. The normalized spacial score (nSPS) is 20.4. The SMILES string of the molecule is O=C1C[C@H](Nc2ncnc3c2cnn3-c2ccccc2)CN1C1CC1. The van der Waals surface area contributed by atoms with Crippen LogP contribution in [0.25, 0.3) is 16.7 Å². The van der Waals surface area contributed by atoms with E-state index in [0.29, 0.717) is 12.5 Å². The summed E-state index contributed by atoms with van der Waals surface area (Å²) in [5.74, 6) is 0.980. The Hall–Kier alpha value is -2.96. The van der Waals surface area contributed by atoms with Gasteiger partial charge in [-0.2, -0.15) is 5.10 Å². The Kier molecular flexibility index (Phi) is 3.19. The Balaban J connectivity index is 1.44. The van der Waals surface area contributed by atoms with Gasteiger partial charge in [0.2, 0.25) is 5.91 Å². The van der Waals surface area contributed by atoms with Gasteiger partial charge in [0.25, 0.3) is 0 Å². The predicted molar refractivity (Wildman–Crippen MR) is 93.4 cm³/mol. The van der Waals surface area contributed by atoms with Crippen molar-refractivity contribution in [3.63, 3.8) is 0 Å². The molecule has 1 aliphatic carbocycles. The number of anilines is 1. The first kappa shape index (κ1) is 14.4. The fraction of sp³-hybridized carbons (Fsp3) is 0.333. The maximum absolute atomic E-state index is 12.1. The number of carbonyl (C=O) groups is 1. The van der Waals surface area contributed by atoms with Crippen LogP contribution in [0.2, 0.25) is 0 Å². The van der Waals surface area contributed by atoms with E-state index in [1.54, 1.807) is 17.2 Å². The Bertz CT molecular complexity index is 933. The van der Waals surface area contributed by atoms with Crippen LogP contribution >= 0.6 is 0 Å². The molecule has 126 valence electrons. The van der Waals surface area contributed by atoms with Gasteiger partial charge in [-0.25, -0.2) is 14.6 Å². The van der Waals surface area contributed by atoms with E-state index in [9.17, 15) is 4.79 Å². The maximum atomic E-state index is 12.1. The van der Waals surface area contributed by atoms with Gasteiger partial charge in [-0.3, -0.25) is 4.79 Å². The molecule has 2 aromatic heterocycles.